The van der Waals surface area contributed by atoms with Gasteiger partial charge >= 0.3 is 0 Å². The second-order valence-corrected chi connectivity index (χ2v) is 2.97. The molecular formula is C7H10NO. The van der Waals surface area contributed by atoms with Crippen molar-refractivity contribution in [1.82, 2.24) is 5.32 Å². The number of amides is 1. The molecule has 0 atom stereocenters. The average molecular weight is 124 g/mol. The molecule has 0 unspecified atom stereocenters. The molecule has 2 heterocycles. The van der Waals surface area contributed by atoms with Crippen molar-refractivity contribution >= 4 is 5.91 Å². The van der Waals surface area contributed by atoms with Gasteiger partial charge in [0.25, 0.3) is 0 Å². The highest BCUT2D eigenvalue weighted by Crippen LogP contribution is 2.30. The average Bonchev–Trinajstić information content (AvgIpc) is 1.90. The van der Waals surface area contributed by atoms with Crippen LogP contribution in [0.4, 0.5) is 0 Å². The molecular weight excluding hydrogens is 114 g/mol. The minimum atomic E-state index is 0.178. The first kappa shape index (κ1) is 5.27. The van der Waals surface area contributed by atoms with Crippen LogP contribution in [0.15, 0.2) is 0 Å². The van der Waals surface area contributed by atoms with E-state index in [1.165, 1.54) is 0 Å². The van der Waals surface area contributed by atoms with Gasteiger partial charge in [0.15, 0.2) is 0 Å². The summed E-state index contributed by atoms with van der Waals surface area (Å²) >= 11 is 0. The van der Waals surface area contributed by atoms with Crippen molar-refractivity contribution in [2.75, 3.05) is 0 Å². The number of nitrogens with zero attached hydrogens (tertiary/aromatic N) is 1. The molecule has 9 heavy (non-hydrogen) atoms. The highest BCUT2D eigenvalue weighted by atomic mass is 16.2. The number of piperidine rings is 2. The largest absolute Gasteiger partial charge is 0.273 e. The Hall–Kier alpha value is -0.530. The summed E-state index contributed by atoms with van der Waals surface area (Å²) in [5.41, 5.74) is 0. The molecule has 2 nitrogen and oxygen atoms in total. The van der Waals surface area contributed by atoms with Gasteiger partial charge in [0.05, 0.1) is 6.04 Å². The van der Waals surface area contributed by atoms with Gasteiger partial charge in [-0.25, -0.2) is 5.32 Å². The van der Waals surface area contributed by atoms with Gasteiger partial charge in [-0.1, -0.05) is 0 Å². The Balaban J connectivity index is 2.15. The van der Waals surface area contributed by atoms with Gasteiger partial charge in [-0.2, -0.15) is 0 Å². The van der Waals surface area contributed by atoms with E-state index in [0.29, 0.717) is 12.0 Å². The van der Waals surface area contributed by atoms with Crippen molar-refractivity contribution in [3.63, 3.8) is 0 Å². The highest BCUT2D eigenvalue weighted by Gasteiger charge is 2.34. The minimum absolute atomic E-state index is 0.178. The third-order valence-corrected chi connectivity index (χ3v) is 2.36. The molecule has 0 N–H and O–H groups in total. The zero-order valence-electron chi connectivity index (χ0n) is 5.34. The molecule has 0 aromatic rings. The van der Waals surface area contributed by atoms with E-state index < -0.39 is 0 Å². The molecule has 2 heteroatoms. The number of carbonyl (C=O) groups is 1. The molecule has 0 aromatic heterocycles. The fourth-order valence-electron chi connectivity index (χ4n) is 1.74. The molecule has 3 aliphatic rings. The maximum absolute atomic E-state index is 10.9. The maximum atomic E-state index is 10.9. The third-order valence-electron chi connectivity index (χ3n) is 2.36. The molecule has 0 aromatic carbocycles. The zero-order valence-corrected chi connectivity index (χ0v) is 5.34. The predicted octanol–water partition coefficient (Wildman–Crippen LogP) is 0.690. The van der Waals surface area contributed by atoms with Gasteiger partial charge in [-0.05, 0) is 25.7 Å². The van der Waals surface area contributed by atoms with Crippen LogP contribution in [0.5, 0.6) is 0 Å². The number of hydrogen-bond acceptors (Lipinski definition) is 1. The Kier molecular flexibility index (Phi) is 1.01. The first-order chi connectivity index (χ1) is 4.36. The lowest BCUT2D eigenvalue weighted by atomic mass is 9.81. The lowest BCUT2D eigenvalue weighted by molar-refractivity contribution is -0.131. The smallest absolute Gasteiger partial charge is 0.244 e. The molecule has 49 valence electrons. The monoisotopic (exact) mass is 124 g/mol. The molecule has 1 aliphatic carbocycles. The molecule has 1 saturated carbocycles. The second-order valence-electron chi connectivity index (χ2n) is 2.97. The zero-order chi connectivity index (χ0) is 6.27. The van der Waals surface area contributed by atoms with Crippen LogP contribution in [0.2, 0.25) is 0 Å². The molecule has 2 aliphatic heterocycles. The van der Waals surface area contributed by atoms with E-state index in [1.807, 2.05) is 0 Å². The summed E-state index contributed by atoms with van der Waals surface area (Å²) in [7, 11) is 0. The maximum Gasteiger partial charge on any atom is 0.244 e. The van der Waals surface area contributed by atoms with Crippen molar-refractivity contribution in [2.24, 2.45) is 5.92 Å². The van der Waals surface area contributed by atoms with E-state index in [9.17, 15) is 4.79 Å². The van der Waals surface area contributed by atoms with E-state index in [0.717, 1.165) is 25.7 Å². The summed E-state index contributed by atoms with van der Waals surface area (Å²) in [6.07, 6.45) is 4.53. The van der Waals surface area contributed by atoms with Crippen LogP contribution in [-0.4, -0.2) is 11.9 Å². The van der Waals surface area contributed by atoms with Gasteiger partial charge in [0.1, 0.15) is 0 Å². The summed E-state index contributed by atoms with van der Waals surface area (Å²) < 4.78 is 0. The van der Waals surface area contributed by atoms with Gasteiger partial charge in [-0.3, -0.25) is 4.79 Å². The second kappa shape index (κ2) is 1.72. The van der Waals surface area contributed by atoms with Crippen molar-refractivity contribution in [3.05, 3.63) is 0 Å². The fourth-order valence-corrected chi connectivity index (χ4v) is 1.74. The fraction of sp³-hybridized carbons (Fsp3) is 0.857. The van der Waals surface area contributed by atoms with E-state index >= 15 is 0 Å². The molecule has 0 spiro atoms. The minimum Gasteiger partial charge on any atom is -0.273 e. The van der Waals surface area contributed by atoms with Crippen molar-refractivity contribution in [2.45, 2.75) is 31.7 Å². The van der Waals surface area contributed by atoms with E-state index in [4.69, 9.17) is 0 Å². The van der Waals surface area contributed by atoms with Gasteiger partial charge in [-0.15, -0.1) is 0 Å². The van der Waals surface area contributed by atoms with E-state index in [2.05, 4.69) is 5.32 Å². The topological polar surface area (TPSA) is 31.2 Å². The normalized spacial score (nSPS) is 40.7. The number of fused-ring (bicyclic) bond motifs is 3. The van der Waals surface area contributed by atoms with Gasteiger partial charge in [0, 0.05) is 5.92 Å². The number of rotatable bonds is 0. The Bertz CT molecular complexity index is 136. The first-order valence-electron chi connectivity index (χ1n) is 3.61. The predicted molar refractivity (Wildman–Crippen MR) is 32.9 cm³/mol. The molecule has 1 amide bonds. The SMILES string of the molecule is O=C1[N]C2CCC1CC2. The lowest BCUT2D eigenvalue weighted by Crippen LogP contribution is -2.43. The summed E-state index contributed by atoms with van der Waals surface area (Å²) in [5.74, 6) is 0.493. The van der Waals surface area contributed by atoms with E-state index in [-0.39, 0.29) is 5.91 Å². The standard InChI is InChI=1S/C7H10NO/c9-7-5-1-3-6(8-7)4-2-5/h5-6H,1-4H2. The Morgan fingerprint density at radius 3 is 2.11 bits per heavy atom. The van der Waals surface area contributed by atoms with Crippen LogP contribution in [0.25, 0.3) is 0 Å². The molecule has 2 bridgehead atoms. The Morgan fingerprint density at radius 2 is 1.89 bits per heavy atom. The Morgan fingerprint density at radius 1 is 1.22 bits per heavy atom. The van der Waals surface area contributed by atoms with Crippen LogP contribution < -0.4 is 5.32 Å². The van der Waals surface area contributed by atoms with Crippen LogP contribution >= 0.6 is 0 Å². The summed E-state index contributed by atoms with van der Waals surface area (Å²) in [4.78, 5) is 10.9. The molecule has 1 radical (unpaired) electrons. The van der Waals surface area contributed by atoms with Crippen molar-refractivity contribution in [1.29, 1.82) is 0 Å². The number of hydrogen-bond donors (Lipinski definition) is 0. The summed E-state index contributed by atoms with van der Waals surface area (Å²) in [5, 5.41) is 4.01. The molecule has 2 saturated heterocycles. The van der Waals surface area contributed by atoms with Crippen LogP contribution in [0.3, 0.4) is 0 Å². The third kappa shape index (κ3) is 0.732. The molecule has 3 rings (SSSR count). The molecule has 3 fully saturated rings. The van der Waals surface area contributed by atoms with Gasteiger partial charge in [0.2, 0.25) is 5.91 Å². The quantitative estimate of drug-likeness (QED) is 0.467. The lowest BCUT2D eigenvalue weighted by Gasteiger charge is -2.33. The summed E-state index contributed by atoms with van der Waals surface area (Å²) in [6.45, 7) is 0. The van der Waals surface area contributed by atoms with E-state index in [1.54, 1.807) is 0 Å². The highest BCUT2D eigenvalue weighted by molar-refractivity contribution is 5.80. The first-order valence-corrected chi connectivity index (χ1v) is 3.61. The van der Waals surface area contributed by atoms with Crippen molar-refractivity contribution < 1.29 is 4.79 Å². The van der Waals surface area contributed by atoms with Crippen LogP contribution in [-0.2, 0) is 4.79 Å². The van der Waals surface area contributed by atoms with Crippen LogP contribution in [0.1, 0.15) is 25.7 Å². The Labute approximate surface area is 54.6 Å². The van der Waals surface area contributed by atoms with Gasteiger partial charge < -0.3 is 0 Å². The van der Waals surface area contributed by atoms with Crippen LogP contribution in [0, 0.1) is 5.92 Å². The van der Waals surface area contributed by atoms with Crippen molar-refractivity contribution in [3.8, 4) is 0 Å². The summed E-state index contributed by atoms with van der Waals surface area (Å²) in [6, 6.07) is 0.405. The number of carbonyl (C=O) groups excluding carboxylic acids is 1.